The van der Waals surface area contributed by atoms with Crippen LogP contribution >= 0.6 is 23.2 Å². The molecular formula is C25H14Cl2F3N3O2. The highest BCUT2D eigenvalue weighted by Crippen LogP contribution is 2.40. The second-order valence-electron chi connectivity index (χ2n) is 7.63. The lowest BCUT2D eigenvalue weighted by Gasteiger charge is -2.15. The molecule has 0 fully saturated rings. The number of pyridine rings is 1. The summed E-state index contributed by atoms with van der Waals surface area (Å²) in [5.74, 6) is -1.29. The fourth-order valence-electron chi connectivity index (χ4n) is 3.93. The van der Waals surface area contributed by atoms with E-state index in [0.29, 0.717) is 16.3 Å². The van der Waals surface area contributed by atoms with Crippen molar-refractivity contribution in [1.82, 2.24) is 14.5 Å². The SMILES string of the molecule is O=C(c1ncc(-c2ccccn2)o1)c1c(C(F)(F)F)n(Cc2ccc(Cl)cc2Cl)c2ccccc12. The van der Waals surface area contributed by atoms with Gasteiger partial charge in [0.15, 0.2) is 5.76 Å². The summed E-state index contributed by atoms with van der Waals surface area (Å²) in [5.41, 5.74) is -0.643. The van der Waals surface area contributed by atoms with Crippen LogP contribution in [0.2, 0.25) is 10.0 Å². The van der Waals surface area contributed by atoms with Gasteiger partial charge in [0.05, 0.1) is 11.8 Å². The second kappa shape index (κ2) is 8.87. The summed E-state index contributed by atoms with van der Waals surface area (Å²) in [6, 6.07) is 15.7. The lowest BCUT2D eigenvalue weighted by molar-refractivity contribution is -0.143. The molecule has 5 nitrogen and oxygen atoms in total. The largest absolute Gasteiger partial charge is 0.432 e. The van der Waals surface area contributed by atoms with Crippen LogP contribution in [0.1, 0.15) is 27.5 Å². The Balaban J connectivity index is 1.68. The first-order chi connectivity index (χ1) is 16.7. The van der Waals surface area contributed by atoms with Crippen LogP contribution in [0, 0.1) is 0 Å². The number of carbonyl (C=O) groups is 1. The maximum absolute atomic E-state index is 14.5. The number of hydrogen-bond acceptors (Lipinski definition) is 4. The summed E-state index contributed by atoms with van der Waals surface area (Å²) < 4.78 is 50.0. The number of aromatic nitrogens is 3. The Kier molecular flexibility index (Phi) is 5.86. The van der Waals surface area contributed by atoms with Crippen LogP contribution in [0.25, 0.3) is 22.4 Å². The molecule has 35 heavy (non-hydrogen) atoms. The zero-order chi connectivity index (χ0) is 24.7. The van der Waals surface area contributed by atoms with Crippen LogP contribution in [-0.4, -0.2) is 20.3 Å². The third-order valence-corrected chi connectivity index (χ3v) is 6.01. The van der Waals surface area contributed by atoms with Crippen molar-refractivity contribution in [1.29, 1.82) is 0 Å². The Bertz CT molecular complexity index is 1560. The number of oxazole rings is 1. The van der Waals surface area contributed by atoms with Crippen LogP contribution in [0.4, 0.5) is 13.2 Å². The van der Waals surface area contributed by atoms with Crippen molar-refractivity contribution in [2.24, 2.45) is 0 Å². The quantitative estimate of drug-likeness (QED) is 0.230. The number of benzene rings is 2. The molecule has 0 spiro atoms. The van der Waals surface area contributed by atoms with E-state index in [1.807, 2.05) is 0 Å². The van der Waals surface area contributed by atoms with E-state index in [1.165, 1.54) is 30.6 Å². The van der Waals surface area contributed by atoms with E-state index in [0.717, 1.165) is 4.57 Å². The minimum atomic E-state index is -4.86. The number of hydrogen-bond donors (Lipinski definition) is 0. The van der Waals surface area contributed by atoms with E-state index in [2.05, 4.69) is 9.97 Å². The zero-order valence-electron chi connectivity index (χ0n) is 17.7. The van der Waals surface area contributed by atoms with E-state index in [1.54, 1.807) is 42.5 Å². The van der Waals surface area contributed by atoms with Crippen molar-refractivity contribution in [3.8, 4) is 11.5 Å². The Hall–Kier alpha value is -3.62. The Morgan fingerprint density at radius 2 is 1.77 bits per heavy atom. The van der Waals surface area contributed by atoms with Gasteiger partial charge in [-0.15, -0.1) is 0 Å². The number of carbonyl (C=O) groups excluding carboxylic acids is 1. The van der Waals surface area contributed by atoms with Gasteiger partial charge in [0, 0.05) is 33.7 Å². The molecule has 0 unspecified atom stereocenters. The van der Waals surface area contributed by atoms with Crippen molar-refractivity contribution in [3.05, 3.63) is 106 Å². The maximum atomic E-state index is 14.5. The highest BCUT2D eigenvalue weighted by Gasteiger charge is 2.42. The highest BCUT2D eigenvalue weighted by atomic mass is 35.5. The van der Waals surface area contributed by atoms with E-state index in [-0.39, 0.29) is 28.2 Å². The Labute approximate surface area is 206 Å². The molecule has 0 bridgehead atoms. The molecule has 176 valence electrons. The normalized spacial score (nSPS) is 11.8. The van der Waals surface area contributed by atoms with Crippen molar-refractivity contribution in [2.75, 3.05) is 0 Å². The van der Waals surface area contributed by atoms with Gasteiger partial charge < -0.3 is 8.98 Å². The molecule has 3 aromatic heterocycles. The molecule has 10 heteroatoms. The first kappa shape index (κ1) is 23.1. The van der Waals surface area contributed by atoms with Crippen LogP contribution in [-0.2, 0) is 12.7 Å². The van der Waals surface area contributed by atoms with Gasteiger partial charge in [-0.1, -0.05) is 53.5 Å². The average Bonchev–Trinajstić information content (AvgIpc) is 3.45. The zero-order valence-corrected chi connectivity index (χ0v) is 19.2. The molecule has 0 radical (unpaired) electrons. The number of rotatable bonds is 5. The van der Waals surface area contributed by atoms with Gasteiger partial charge in [0.2, 0.25) is 0 Å². The average molecular weight is 516 g/mol. The Morgan fingerprint density at radius 1 is 1.00 bits per heavy atom. The molecule has 5 rings (SSSR count). The summed E-state index contributed by atoms with van der Waals surface area (Å²) in [7, 11) is 0. The van der Waals surface area contributed by atoms with Gasteiger partial charge in [-0.05, 0) is 35.9 Å². The summed E-state index contributed by atoms with van der Waals surface area (Å²) in [5, 5.41) is 0.687. The number of fused-ring (bicyclic) bond motifs is 1. The van der Waals surface area contributed by atoms with Gasteiger partial charge in [0.25, 0.3) is 11.7 Å². The lowest BCUT2D eigenvalue weighted by Crippen LogP contribution is -2.19. The number of halogens is 5. The lowest BCUT2D eigenvalue weighted by atomic mass is 10.1. The molecule has 0 atom stereocenters. The van der Waals surface area contributed by atoms with E-state index >= 15 is 0 Å². The fraction of sp³-hybridized carbons (Fsp3) is 0.0800. The molecule has 3 heterocycles. The van der Waals surface area contributed by atoms with Gasteiger partial charge >= 0.3 is 6.18 Å². The predicted molar refractivity (Wildman–Crippen MR) is 126 cm³/mol. The van der Waals surface area contributed by atoms with E-state index < -0.39 is 29.1 Å². The van der Waals surface area contributed by atoms with Crippen molar-refractivity contribution >= 4 is 39.9 Å². The minimum Gasteiger partial charge on any atom is -0.432 e. The van der Waals surface area contributed by atoms with Gasteiger partial charge in [-0.25, -0.2) is 4.98 Å². The Morgan fingerprint density at radius 3 is 2.49 bits per heavy atom. The molecule has 2 aromatic carbocycles. The van der Waals surface area contributed by atoms with Gasteiger partial charge in [0.1, 0.15) is 11.4 Å². The van der Waals surface area contributed by atoms with Crippen LogP contribution in [0.15, 0.2) is 77.5 Å². The van der Waals surface area contributed by atoms with Crippen molar-refractivity contribution in [3.63, 3.8) is 0 Å². The summed E-state index contributed by atoms with van der Waals surface area (Å²) in [6.45, 7) is -0.233. The van der Waals surface area contributed by atoms with Gasteiger partial charge in [-0.2, -0.15) is 13.2 Å². The maximum Gasteiger partial charge on any atom is 0.432 e. The third kappa shape index (κ3) is 4.31. The van der Waals surface area contributed by atoms with Crippen LogP contribution < -0.4 is 0 Å². The molecular weight excluding hydrogens is 502 g/mol. The summed E-state index contributed by atoms with van der Waals surface area (Å²) >= 11 is 12.2. The number of nitrogens with zero attached hydrogens (tertiary/aromatic N) is 3. The number of alkyl halides is 3. The van der Waals surface area contributed by atoms with E-state index in [4.69, 9.17) is 27.6 Å². The van der Waals surface area contributed by atoms with Crippen LogP contribution in [0.5, 0.6) is 0 Å². The third-order valence-electron chi connectivity index (χ3n) is 5.43. The molecule has 5 aromatic rings. The first-order valence-electron chi connectivity index (χ1n) is 10.3. The molecule has 0 saturated heterocycles. The molecule has 0 aliphatic rings. The number of ketones is 1. The molecule has 0 aliphatic heterocycles. The smallest absolute Gasteiger partial charge is 0.432 e. The van der Waals surface area contributed by atoms with Crippen molar-refractivity contribution in [2.45, 2.75) is 12.7 Å². The molecule has 0 aliphatic carbocycles. The van der Waals surface area contributed by atoms with Gasteiger partial charge in [-0.3, -0.25) is 9.78 Å². The predicted octanol–water partition coefficient (Wildman–Crippen LogP) is 7.30. The molecule has 0 saturated carbocycles. The summed E-state index contributed by atoms with van der Waals surface area (Å²) in [6.07, 6.45) is -2.08. The van der Waals surface area contributed by atoms with Crippen LogP contribution in [0.3, 0.4) is 0 Å². The first-order valence-corrected chi connectivity index (χ1v) is 11.0. The topological polar surface area (TPSA) is 60.9 Å². The number of para-hydroxylation sites is 1. The molecule has 0 N–H and O–H groups in total. The van der Waals surface area contributed by atoms with E-state index in [9.17, 15) is 18.0 Å². The monoisotopic (exact) mass is 515 g/mol. The highest BCUT2D eigenvalue weighted by molar-refractivity contribution is 6.35. The standard InChI is InChI=1S/C25H14Cl2F3N3O2/c26-15-9-8-14(17(27)11-15)13-33-19-7-2-1-5-16(19)21(23(33)25(28,29)30)22(34)24-32-12-20(35-24)18-6-3-4-10-31-18/h1-12H,13H2. The van der Waals surface area contributed by atoms with Crippen molar-refractivity contribution < 1.29 is 22.4 Å². The minimum absolute atomic E-state index is 0.118. The summed E-state index contributed by atoms with van der Waals surface area (Å²) in [4.78, 5) is 21.5. The fourth-order valence-corrected chi connectivity index (χ4v) is 4.39. The second-order valence-corrected chi connectivity index (χ2v) is 8.48. The molecule has 0 amide bonds.